The third-order valence-corrected chi connectivity index (χ3v) is 5.28. The van der Waals surface area contributed by atoms with Crippen LogP contribution in [0.1, 0.15) is 37.3 Å². The fraction of sp³-hybridized carbons (Fsp3) is 0.579. The first kappa shape index (κ1) is 19.1. The topological polar surface area (TPSA) is 70.7 Å². The highest BCUT2D eigenvalue weighted by Crippen LogP contribution is 2.28. The molecule has 0 radical (unpaired) electrons. The number of likely N-dealkylation sites (tertiary alicyclic amines) is 1. The van der Waals surface area contributed by atoms with Gasteiger partial charge in [-0.25, -0.2) is 0 Å². The first-order valence-electron chi connectivity index (χ1n) is 9.30. The highest BCUT2D eigenvalue weighted by molar-refractivity contribution is 6.31. The van der Waals surface area contributed by atoms with Gasteiger partial charge in [0.1, 0.15) is 6.61 Å². The van der Waals surface area contributed by atoms with Crippen LogP contribution in [0.5, 0.6) is 0 Å². The average molecular weight is 380 g/mol. The van der Waals surface area contributed by atoms with Crippen molar-refractivity contribution in [2.24, 2.45) is 0 Å². The zero-order chi connectivity index (χ0) is 18.4. The van der Waals surface area contributed by atoms with Crippen molar-refractivity contribution in [2.75, 3.05) is 32.8 Å². The van der Waals surface area contributed by atoms with Crippen molar-refractivity contribution in [2.45, 2.75) is 37.8 Å². The Balaban J connectivity index is 1.59. The highest BCUT2D eigenvalue weighted by Gasteiger charge is 2.36. The molecule has 0 unspecified atom stereocenters. The smallest absolute Gasteiger partial charge is 0.251 e. The van der Waals surface area contributed by atoms with Crippen LogP contribution in [0, 0.1) is 0 Å². The molecule has 142 valence electrons. The summed E-state index contributed by atoms with van der Waals surface area (Å²) in [5.74, 6) is -0.465. The van der Waals surface area contributed by atoms with Crippen molar-refractivity contribution >= 4 is 23.4 Å². The summed E-state index contributed by atoms with van der Waals surface area (Å²) in [5, 5.41) is 6.29. The summed E-state index contributed by atoms with van der Waals surface area (Å²) in [4.78, 5) is 26.8. The molecule has 1 aromatic rings. The third-order valence-electron chi connectivity index (χ3n) is 4.94. The zero-order valence-electron chi connectivity index (χ0n) is 14.9. The number of nitrogens with one attached hydrogen (secondary N) is 2. The maximum Gasteiger partial charge on any atom is 0.251 e. The van der Waals surface area contributed by atoms with Gasteiger partial charge in [0.05, 0.1) is 6.04 Å². The second-order valence-electron chi connectivity index (χ2n) is 6.85. The van der Waals surface area contributed by atoms with E-state index in [1.54, 1.807) is 12.1 Å². The molecule has 2 heterocycles. The van der Waals surface area contributed by atoms with E-state index in [1.165, 1.54) is 25.7 Å². The summed E-state index contributed by atoms with van der Waals surface area (Å²) in [5.41, 5.74) is 0.690. The maximum atomic E-state index is 12.7. The van der Waals surface area contributed by atoms with Crippen LogP contribution in [0.3, 0.4) is 0 Å². The minimum absolute atomic E-state index is 0.120. The molecule has 0 bridgehead atoms. The number of ether oxygens (including phenoxy) is 1. The van der Waals surface area contributed by atoms with Crippen LogP contribution in [0.4, 0.5) is 0 Å². The molecule has 2 amide bonds. The minimum Gasteiger partial charge on any atom is -0.356 e. The Morgan fingerprint density at radius 3 is 2.69 bits per heavy atom. The fourth-order valence-corrected chi connectivity index (χ4v) is 3.80. The number of amides is 2. The van der Waals surface area contributed by atoms with Crippen LogP contribution in [0.15, 0.2) is 24.3 Å². The number of benzene rings is 1. The summed E-state index contributed by atoms with van der Waals surface area (Å²) in [7, 11) is 0. The van der Waals surface area contributed by atoms with Crippen LogP contribution in [-0.2, 0) is 14.3 Å². The number of hydrogen-bond donors (Lipinski definition) is 2. The molecule has 2 fully saturated rings. The van der Waals surface area contributed by atoms with E-state index in [2.05, 4.69) is 15.5 Å². The lowest BCUT2D eigenvalue weighted by atomic mass is 9.99. The molecule has 0 saturated carbocycles. The molecular weight excluding hydrogens is 354 g/mol. The Labute approximate surface area is 159 Å². The van der Waals surface area contributed by atoms with Crippen LogP contribution in [0.25, 0.3) is 0 Å². The number of carbonyl (C=O) groups excluding carboxylic acids is 2. The molecule has 7 heteroatoms. The summed E-state index contributed by atoms with van der Waals surface area (Å²) in [6, 6.07) is 6.61. The lowest BCUT2D eigenvalue weighted by Gasteiger charge is -2.32. The van der Waals surface area contributed by atoms with E-state index < -0.39 is 12.1 Å². The van der Waals surface area contributed by atoms with Gasteiger partial charge < -0.3 is 20.3 Å². The van der Waals surface area contributed by atoms with Gasteiger partial charge in [-0.2, -0.15) is 0 Å². The van der Waals surface area contributed by atoms with Crippen LogP contribution < -0.4 is 10.6 Å². The molecule has 3 rings (SSSR count). The quantitative estimate of drug-likeness (QED) is 0.819. The van der Waals surface area contributed by atoms with Gasteiger partial charge in [0.15, 0.2) is 6.10 Å². The third kappa shape index (κ3) is 4.96. The molecule has 0 spiro atoms. The van der Waals surface area contributed by atoms with Crippen LogP contribution >= 0.6 is 11.6 Å². The van der Waals surface area contributed by atoms with Crippen molar-refractivity contribution < 1.29 is 14.3 Å². The van der Waals surface area contributed by atoms with E-state index >= 15 is 0 Å². The Morgan fingerprint density at radius 2 is 1.96 bits per heavy atom. The maximum absolute atomic E-state index is 12.7. The Kier molecular flexibility index (Phi) is 6.88. The summed E-state index contributed by atoms with van der Waals surface area (Å²) in [6.07, 6.45) is 4.24. The number of carbonyl (C=O) groups is 2. The first-order valence-corrected chi connectivity index (χ1v) is 9.68. The summed E-state index contributed by atoms with van der Waals surface area (Å²) >= 11 is 6.25. The number of rotatable bonds is 5. The van der Waals surface area contributed by atoms with E-state index in [9.17, 15) is 9.59 Å². The average Bonchev–Trinajstić information content (AvgIpc) is 2.91. The monoisotopic (exact) mass is 379 g/mol. The summed E-state index contributed by atoms with van der Waals surface area (Å²) < 4.78 is 5.54. The van der Waals surface area contributed by atoms with Gasteiger partial charge >= 0.3 is 0 Å². The standard InChI is InChI=1S/C19H26ClN3O3/c20-15-8-4-3-7-14(15)17-18(26-13-16(24)22-17)19(25)21-9-12-23-10-5-1-2-6-11-23/h3-4,7-8,17-18H,1-2,5-6,9-13H2,(H,21,25)(H,22,24)/t17-,18+/m1/s1. The van der Waals surface area contributed by atoms with E-state index in [0.29, 0.717) is 17.1 Å². The van der Waals surface area contributed by atoms with E-state index in [-0.39, 0.29) is 18.4 Å². The van der Waals surface area contributed by atoms with Gasteiger partial charge in [0, 0.05) is 18.1 Å². The molecule has 2 N–H and O–H groups in total. The van der Waals surface area contributed by atoms with Crippen molar-refractivity contribution in [1.29, 1.82) is 0 Å². The number of hydrogen-bond acceptors (Lipinski definition) is 4. The number of halogens is 1. The Bertz CT molecular complexity index is 632. The molecule has 26 heavy (non-hydrogen) atoms. The van der Waals surface area contributed by atoms with E-state index in [0.717, 1.165) is 19.6 Å². The summed E-state index contributed by atoms with van der Waals surface area (Å²) in [6.45, 7) is 3.47. The molecule has 6 nitrogen and oxygen atoms in total. The molecule has 0 aliphatic carbocycles. The molecule has 2 aliphatic heterocycles. The van der Waals surface area contributed by atoms with Crippen molar-refractivity contribution in [1.82, 2.24) is 15.5 Å². The lowest BCUT2D eigenvalue weighted by Crippen LogP contribution is -2.53. The second kappa shape index (κ2) is 9.35. The predicted molar refractivity (Wildman–Crippen MR) is 100.0 cm³/mol. The van der Waals surface area contributed by atoms with Gasteiger partial charge in [-0.15, -0.1) is 0 Å². The normalized spacial score (nSPS) is 24.6. The fourth-order valence-electron chi connectivity index (χ4n) is 3.55. The van der Waals surface area contributed by atoms with Gasteiger partial charge in [0.2, 0.25) is 5.91 Å². The molecular formula is C19H26ClN3O3. The van der Waals surface area contributed by atoms with E-state index in [1.807, 2.05) is 12.1 Å². The zero-order valence-corrected chi connectivity index (χ0v) is 15.6. The number of nitrogens with zero attached hydrogens (tertiary/aromatic N) is 1. The molecule has 2 saturated heterocycles. The van der Waals surface area contributed by atoms with Gasteiger partial charge in [-0.3, -0.25) is 9.59 Å². The molecule has 2 aliphatic rings. The van der Waals surface area contributed by atoms with Gasteiger partial charge in [-0.05, 0) is 37.6 Å². The van der Waals surface area contributed by atoms with Crippen molar-refractivity contribution in [3.63, 3.8) is 0 Å². The molecule has 0 aromatic heterocycles. The lowest BCUT2D eigenvalue weighted by molar-refractivity contribution is -0.148. The Morgan fingerprint density at radius 1 is 1.23 bits per heavy atom. The SMILES string of the molecule is O=C1CO[C@H](C(=O)NCCN2CCCCCC2)[C@@H](c2ccccc2Cl)N1. The highest BCUT2D eigenvalue weighted by atomic mass is 35.5. The van der Waals surface area contributed by atoms with E-state index in [4.69, 9.17) is 16.3 Å². The molecule has 2 atom stereocenters. The minimum atomic E-state index is -0.781. The van der Waals surface area contributed by atoms with Gasteiger partial charge in [-0.1, -0.05) is 42.6 Å². The van der Waals surface area contributed by atoms with Crippen molar-refractivity contribution in [3.05, 3.63) is 34.9 Å². The van der Waals surface area contributed by atoms with Crippen LogP contribution in [0.2, 0.25) is 5.02 Å². The second-order valence-corrected chi connectivity index (χ2v) is 7.25. The Hall–Kier alpha value is -1.63. The largest absolute Gasteiger partial charge is 0.356 e. The number of morpholine rings is 1. The van der Waals surface area contributed by atoms with Crippen LogP contribution in [-0.4, -0.2) is 55.6 Å². The predicted octanol–water partition coefficient (Wildman–Crippen LogP) is 1.89. The molecule has 1 aromatic carbocycles. The van der Waals surface area contributed by atoms with Gasteiger partial charge in [0.25, 0.3) is 5.91 Å². The van der Waals surface area contributed by atoms with Crippen molar-refractivity contribution in [3.8, 4) is 0 Å². The first-order chi connectivity index (χ1) is 12.6.